The van der Waals surface area contributed by atoms with Gasteiger partial charge in [0.05, 0.1) is 19.8 Å². The average molecular weight is 393 g/mol. The monoisotopic (exact) mass is 393 g/mol. The number of morpholine rings is 1. The Kier molecular flexibility index (Phi) is 4.77. The van der Waals surface area contributed by atoms with Crippen molar-refractivity contribution in [1.82, 2.24) is 19.9 Å². The highest BCUT2D eigenvalue weighted by molar-refractivity contribution is 5.98. The molecule has 150 valence electrons. The van der Waals surface area contributed by atoms with E-state index >= 15 is 0 Å². The number of benzene rings is 1. The van der Waals surface area contributed by atoms with Crippen molar-refractivity contribution in [1.29, 1.82) is 0 Å². The fourth-order valence-corrected chi connectivity index (χ4v) is 3.90. The van der Waals surface area contributed by atoms with Gasteiger partial charge in [0.1, 0.15) is 23.9 Å². The molecular weight excluding hydrogens is 370 g/mol. The average Bonchev–Trinajstić information content (AvgIpc) is 3.41. The first-order valence-corrected chi connectivity index (χ1v) is 9.95. The van der Waals surface area contributed by atoms with Gasteiger partial charge in [0.15, 0.2) is 0 Å². The van der Waals surface area contributed by atoms with Crippen LogP contribution in [-0.2, 0) is 4.74 Å². The lowest BCUT2D eigenvalue weighted by Gasteiger charge is -2.27. The van der Waals surface area contributed by atoms with Crippen molar-refractivity contribution in [2.75, 3.05) is 44.3 Å². The number of anilines is 1. The minimum atomic E-state index is -0.0734. The summed E-state index contributed by atoms with van der Waals surface area (Å²) in [5.41, 5.74) is 1.59. The molecule has 2 aliphatic rings. The van der Waals surface area contributed by atoms with Crippen LogP contribution < -0.4 is 9.64 Å². The number of fused-ring (bicyclic) bond motifs is 1. The van der Waals surface area contributed by atoms with Crippen LogP contribution in [0.15, 0.2) is 42.7 Å². The van der Waals surface area contributed by atoms with Gasteiger partial charge in [-0.05, 0) is 12.1 Å². The number of hydrogen-bond donors (Lipinski definition) is 1. The SMILES string of the molecule is O=C(c1cc2ccccc2[nH]1)N1CCC(Oc2cc(N3CCOCC3)ncn2)C1. The van der Waals surface area contributed by atoms with E-state index in [2.05, 4.69) is 19.9 Å². The second kappa shape index (κ2) is 7.71. The van der Waals surface area contributed by atoms with Gasteiger partial charge in [-0.1, -0.05) is 18.2 Å². The Hall–Kier alpha value is -3.13. The van der Waals surface area contributed by atoms with Crippen molar-refractivity contribution >= 4 is 22.6 Å². The lowest BCUT2D eigenvalue weighted by Crippen LogP contribution is -2.36. The van der Waals surface area contributed by atoms with Crippen LogP contribution in [0, 0.1) is 0 Å². The van der Waals surface area contributed by atoms with E-state index in [4.69, 9.17) is 9.47 Å². The minimum absolute atomic E-state index is 0.00370. The van der Waals surface area contributed by atoms with Crippen LogP contribution in [0.5, 0.6) is 5.88 Å². The summed E-state index contributed by atoms with van der Waals surface area (Å²) in [6, 6.07) is 11.7. The number of carbonyl (C=O) groups excluding carboxylic acids is 1. The molecule has 0 radical (unpaired) electrons. The summed E-state index contributed by atoms with van der Waals surface area (Å²) in [5.74, 6) is 1.40. The van der Waals surface area contributed by atoms with Crippen LogP contribution in [0.2, 0.25) is 0 Å². The van der Waals surface area contributed by atoms with Crippen LogP contribution in [0.1, 0.15) is 16.9 Å². The fraction of sp³-hybridized carbons (Fsp3) is 0.381. The highest BCUT2D eigenvalue weighted by Gasteiger charge is 2.29. The predicted octanol–water partition coefficient (Wildman–Crippen LogP) is 2.09. The number of nitrogens with zero attached hydrogens (tertiary/aromatic N) is 4. The molecule has 1 N–H and O–H groups in total. The van der Waals surface area contributed by atoms with E-state index in [0.717, 1.165) is 36.2 Å². The first-order valence-electron chi connectivity index (χ1n) is 9.95. The number of nitrogens with one attached hydrogen (secondary N) is 1. The summed E-state index contributed by atoms with van der Waals surface area (Å²) in [6.07, 6.45) is 2.24. The molecule has 0 spiro atoms. The van der Waals surface area contributed by atoms with E-state index < -0.39 is 0 Å². The summed E-state index contributed by atoms with van der Waals surface area (Å²) in [4.78, 5) is 28.7. The van der Waals surface area contributed by atoms with E-state index in [1.54, 1.807) is 0 Å². The summed E-state index contributed by atoms with van der Waals surface area (Å²) in [7, 11) is 0. The smallest absolute Gasteiger partial charge is 0.270 e. The second-order valence-corrected chi connectivity index (χ2v) is 7.36. The number of aromatic amines is 1. The largest absolute Gasteiger partial charge is 0.472 e. The van der Waals surface area contributed by atoms with Crippen molar-refractivity contribution in [2.24, 2.45) is 0 Å². The number of likely N-dealkylation sites (tertiary alicyclic amines) is 1. The molecule has 1 atom stereocenters. The van der Waals surface area contributed by atoms with Gasteiger partial charge in [-0.15, -0.1) is 0 Å². The Bertz CT molecular complexity index is 981. The molecule has 0 bridgehead atoms. The number of carbonyl (C=O) groups is 1. The highest BCUT2D eigenvalue weighted by atomic mass is 16.5. The Labute approximate surface area is 168 Å². The zero-order valence-corrected chi connectivity index (χ0v) is 16.1. The quantitative estimate of drug-likeness (QED) is 0.731. The van der Waals surface area contributed by atoms with Gasteiger partial charge in [-0.25, -0.2) is 9.97 Å². The maximum atomic E-state index is 12.9. The first kappa shape index (κ1) is 17.9. The van der Waals surface area contributed by atoms with Gasteiger partial charge in [0.25, 0.3) is 5.91 Å². The molecule has 2 aliphatic heterocycles. The topological polar surface area (TPSA) is 83.6 Å². The fourth-order valence-electron chi connectivity index (χ4n) is 3.90. The van der Waals surface area contributed by atoms with E-state index in [9.17, 15) is 4.79 Å². The Morgan fingerprint density at radius 1 is 1.14 bits per heavy atom. The Morgan fingerprint density at radius 2 is 2.00 bits per heavy atom. The number of para-hydroxylation sites is 1. The van der Waals surface area contributed by atoms with Crippen LogP contribution in [0.3, 0.4) is 0 Å². The van der Waals surface area contributed by atoms with Crippen molar-refractivity contribution in [3.8, 4) is 5.88 Å². The number of aromatic nitrogens is 3. The van der Waals surface area contributed by atoms with Crippen LogP contribution in [0.25, 0.3) is 10.9 Å². The van der Waals surface area contributed by atoms with E-state index in [0.29, 0.717) is 37.9 Å². The molecule has 4 heterocycles. The second-order valence-electron chi connectivity index (χ2n) is 7.36. The van der Waals surface area contributed by atoms with Gasteiger partial charge in [0, 0.05) is 43.0 Å². The maximum absolute atomic E-state index is 12.9. The molecule has 2 fully saturated rings. The van der Waals surface area contributed by atoms with Crippen LogP contribution in [0.4, 0.5) is 5.82 Å². The van der Waals surface area contributed by atoms with Gasteiger partial charge in [0.2, 0.25) is 5.88 Å². The highest BCUT2D eigenvalue weighted by Crippen LogP contribution is 2.23. The standard InChI is InChI=1S/C21H23N5O3/c27-21(18-11-15-3-1-2-4-17(15)24-18)26-6-5-16(13-26)29-20-12-19(22-14-23-20)25-7-9-28-10-8-25/h1-4,11-12,14,16,24H,5-10,13H2. The third kappa shape index (κ3) is 3.75. The van der Waals surface area contributed by atoms with Crippen molar-refractivity contribution < 1.29 is 14.3 Å². The lowest BCUT2D eigenvalue weighted by atomic mass is 10.2. The molecule has 1 aromatic carbocycles. The molecule has 2 saturated heterocycles. The van der Waals surface area contributed by atoms with Gasteiger partial charge in [-0.3, -0.25) is 4.79 Å². The molecule has 2 aromatic heterocycles. The summed E-state index contributed by atoms with van der Waals surface area (Å²) in [5, 5.41) is 1.04. The van der Waals surface area contributed by atoms with Crippen molar-refractivity contribution in [3.63, 3.8) is 0 Å². The molecule has 29 heavy (non-hydrogen) atoms. The third-order valence-corrected chi connectivity index (χ3v) is 5.44. The molecule has 3 aromatic rings. The van der Waals surface area contributed by atoms with Crippen LogP contribution in [-0.4, -0.2) is 71.3 Å². The molecule has 1 unspecified atom stereocenters. The number of H-pyrrole nitrogens is 1. The van der Waals surface area contributed by atoms with E-state index in [1.165, 1.54) is 6.33 Å². The van der Waals surface area contributed by atoms with Crippen molar-refractivity contribution in [3.05, 3.63) is 48.4 Å². The maximum Gasteiger partial charge on any atom is 0.270 e. The molecule has 1 amide bonds. The third-order valence-electron chi connectivity index (χ3n) is 5.44. The van der Waals surface area contributed by atoms with Gasteiger partial charge >= 0.3 is 0 Å². The zero-order chi connectivity index (χ0) is 19.6. The number of amides is 1. The molecule has 0 aliphatic carbocycles. The number of ether oxygens (including phenoxy) is 2. The van der Waals surface area contributed by atoms with E-state index in [-0.39, 0.29) is 12.0 Å². The molecule has 0 saturated carbocycles. The van der Waals surface area contributed by atoms with Crippen LogP contribution >= 0.6 is 0 Å². The number of rotatable bonds is 4. The zero-order valence-electron chi connectivity index (χ0n) is 16.1. The number of hydrogen-bond acceptors (Lipinski definition) is 6. The molecule has 8 nitrogen and oxygen atoms in total. The van der Waals surface area contributed by atoms with E-state index in [1.807, 2.05) is 41.3 Å². The minimum Gasteiger partial charge on any atom is -0.472 e. The first-order chi connectivity index (χ1) is 14.3. The van der Waals surface area contributed by atoms with Gasteiger partial charge in [-0.2, -0.15) is 0 Å². The Morgan fingerprint density at radius 3 is 2.86 bits per heavy atom. The lowest BCUT2D eigenvalue weighted by molar-refractivity contribution is 0.0766. The van der Waals surface area contributed by atoms with Gasteiger partial charge < -0.3 is 24.3 Å². The molecule has 8 heteroatoms. The molecule has 5 rings (SSSR count). The summed E-state index contributed by atoms with van der Waals surface area (Å²) in [6.45, 7) is 4.24. The predicted molar refractivity (Wildman–Crippen MR) is 108 cm³/mol. The van der Waals surface area contributed by atoms with Crippen molar-refractivity contribution in [2.45, 2.75) is 12.5 Å². The normalized spacial score (nSPS) is 19.7. The summed E-state index contributed by atoms with van der Waals surface area (Å²) < 4.78 is 11.5. The summed E-state index contributed by atoms with van der Waals surface area (Å²) >= 11 is 0. The molecular formula is C21H23N5O3. The Balaban J connectivity index is 1.23.